The number of aromatic nitrogens is 2. The van der Waals surface area contributed by atoms with Crippen molar-refractivity contribution in [2.24, 2.45) is 0 Å². The summed E-state index contributed by atoms with van der Waals surface area (Å²) >= 11 is 0. The number of nitrogens with one attached hydrogen (secondary N) is 1. The fourth-order valence-electron chi connectivity index (χ4n) is 2.89. The molecule has 1 aromatic carbocycles. The van der Waals surface area contributed by atoms with E-state index in [4.69, 9.17) is 4.74 Å². The van der Waals surface area contributed by atoms with E-state index >= 15 is 0 Å². The Morgan fingerprint density at radius 1 is 1.19 bits per heavy atom. The van der Waals surface area contributed by atoms with Crippen LogP contribution >= 0.6 is 0 Å². The van der Waals surface area contributed by atoms with Crippen LogP contribution in [0.15, 0.2) is 47.9 Å². The maximum absolute atomic E-state index is 12.5. The lowest BCUT2D eigenvalue weighted by Gasteiger charge is -2.15. The van der Waals surface area contributed by atoms with E-state index in [0.717, 1.165) is 25.8 Å². The molecule has 3 rings (SSSR count). The van der Waals surface area contributed by atoms with Crippen molar-refractivity contribution >= 4 is 15.9 Å². The summed E-state index contributed by atoms with van der Waals surface area (Å²) in [6.45, 7) is 2.37. The predicted molar refractivity (Wildman–Crippen MR) is 99.8 cm³/mol. The Labute approximate surface area is 159 Å². The molecule has 0 atom stereocenters. The van der Waals surface area contributed by atoms with Gasteiger partial charge in [0.05, 0.1) is 11.2 Å². The average Bonchev–Trinajstić information content (AvgIpc) is 3.38. The van der Waals surface area contributed by atoms with Gasteiger partial charge in [0.25, 0.3) is 5.91 Å². The van der Waals surface area contributed by atoms with Gasteiger partial charge in [-0.15, -0.1) is 0 Å². The number of sulfonamides is 1. The van der Waals surface area contributed by atoms with Crippen molar-refractivity contribution in [1.82, 2.24) is 19.2 Å². The molecular formula is C18H24N4O4S. The van der Waals surface area contributed by atoms with Gasteiger partial charge in [-0.3, -0.25) is 4.79 Å². The van der Waals surface area contributed by atoms with Crippen molar-refractivity contribution in [3.8, 4) is 5.75 Å². The predicted octanol–water partition coefficient (Wildman–Crippen LogP) is 1.25. The highest BCUT2D eigenvalue weighted by atomic mass is 32.2. The molecule has 1 fully saturated rings. The zero-order chi connectivity index (χ0) is 19.1. The van der Waals surface area contributed by atoms with E-state index < -0.39 is 10.0 Å². The highest BCUT2D eigenvalue weighted by Crippen LogP contribution is 2.22. The molecule has 0 saturated carbocycles. The van der Waals surface area contributed by atoms with E-state index in [2.05, 4.69) is 10.3 Å². The molecule has 27 heavy (non-hydrogen) atoms. The third-order valence-corrected chi connectivity index (χ3v) is 6.28. The minimum absolute atomic E-state index is 0.108. The number of benzene rings is 1. The minimum Gasteiger partial charge on any atom is -0.484 e. The lowest BCUT2D eigenvalue weighted by atomic mass is 10.3. The monoisotopic (exact) mass is 392 g/mol. The topological polar surface area (TPSA) is 93.5 Å². The number of ether oxygens (including phenoxy) is 1. The van der Waals surface area contributed by atoms with Crippen molar-refractivity contribution in [1.29, 1.82) is 0 Å². The number of hydrogen-bond acceptors (Lipinski definition) is 5. The van der Waals surface area contributed by atoms with E-state index in [1.54, 1.807) is 24.7 Å². The Hall–Kier alpha value is -2.39. The van der Waals surface area contributed by atoms with Gasteiger partial charge in [-0.05, 0) is 43.5 Å². The van der Waals surface area contributed by atoms with Gasteiger partial charge in [0.1, 0.15) is 5.75 Å². The number of amides is 1. The van der Waals surface area contributed by atoms with Gasteiger partial charge in [0.15, 0.2) is 6.61 Å². The second-order valence-corrected chi connectivity index (χ2v) is 8.31. The smallest absolute Gasteiger partial charge is 0.257 e. The maximum Gasteiger partial charge on any atom is 0.257 e. The minimum atomic E-state index is -3.43. The molecule has 0 unspecified atom stereocenters. The molecule has 9 heteroatoms. The Balaban J connectivity index is 1.41. The van der Waals surface area contributed by atoms with Gasteiger partial charge in [0.2, 0.25) is 10.0 Å². The summed E-state index contributed by atoms with van der Waals surface area (Å²) in [4.78, 5) is 16.0. The van der Waals surface area contributed by atoms with E-state index in [9.17, 15) is 13.2 Å². The zero-order valence-electron chi connectivity index (χ0n) is 15.1. The lowest BCUT2D eigenvalue weighted by Crippen LogP contribution is -2.30. The maximum atomic E-state index is 12.5. The molecule has 0 radical (unpaired) electrons. The van der Waals surface area contributed by atoms with Crippen LogP contribution in [0.1, 0.15) is 19.3 Å². The Kier molecular flexibility index (Phi) is 6.46. The first-order chi connectivity index (χ1) is 13.1. The first-order valence-electron chi connectivity index (χ1n) is 9.01. The van der Waals surface area contributed by atoms with Crippen LogP contribution < -0.4 is 10.1 Å². The van der Waals surface area contributed by atoms with Gasteiger partial charge < -0.3 is 14.6 Å². The van der Waals surface area contributed by atoms with Crippen molar-refractivity contribution in [3.63, 3.8) is 0 Å². The summed E-state index contributed by atoms with van der Waals surface area (Å²) in [5.41, 5.74) is 0. The van der Waals surface area contributed by atoms with Crippen LogP contribution in [-0.2, 0) is 21.4 Å². The summed E-state index contributed by atoms with van der Waals surface area (Å²) in [5, 5.41) is 2.79. The third-order valence-electron chi connectivity index (χ3n) is 4.37. The first-order valence-corrected chi connectivity index (χ1v) is 10.5. The van der Waals surface area contributed by atoms with Crippen molar-refractivity contribution in [2.45, 2.75) is 30.7 Å². The molecule has 8 nitrogen and oxygen atoms in total. The van der Waals surface area contributed by atoms with Crippen molar-refractivity contribution in [3.05, 3.63) is 43.0 Å². The lowest BCUT2D eigenvalue weighted by molar-refractivity contribution is -0.123. The van der Waals surface area contributed by atoms with E-state index in [0.29, 0.717) is 25.4 Å². The van der Waals surface area contributed by atoms with Crippen LogP contribution in [0, 0.1) is 0 Å². The number of hydrogen-bond donors (Lipinski definition) is 1. The van der Waals surface area contributed by atoms with Crippen LogP contribution in [-0.4, -0.2) is 54.4 Å². The zero-order valence-corrected chi connectivity index (χ0v) is 15.9. The van der Waals surface area contributed by atoms with Crippen LogP contribution in [0.2, 0.25) is 0 Å². The van der Waals surface area contributed by atoms with Gasteiger partial charge >= 0.3 is 0 Å². The number of nitrogens with zero attached hydrogens (tertiary/aromatic N) is 3. The summed E-state index contributed by atoms with van der Waals surface area (Å²) in [5.74, 6) is 0.248. The largest absolute Gasteiger partial charge is 0.484 e. The number of aryl methyl sites for hydroxylation is 1. The molecule has 1 aromatic heterocycles. The van der Waals surface area contributed by atoms with Crippen LogP contribution in [0.3, 0.4) is 0 Å². The van der Waals surface area contributed by atoms with Crippen molar-refractivity contribution < 1.29 is 17.9 Å². The molecule has 0 aliphatic carbocycles. The molecule has 1 aliphatic rings. The Morgan fingerprint density at radius 2 is 1.93 bits per heavy atom. The van der Waals surface area contributed by atoms with E-state index in [1.807, 2.05) is 10.8 Å². The molecule has 1 N–H and O–H groups in total. The van der Waals surface area contributed by atoms with E-state index in [1.165, 1.54) is 16.4 Å². The fourth-order valence-corrected chi connectivity index (χ4v) is 4.41. The number of carbonyl (C=O) groups is 1. The molecule has 1 aliphatic heterocycles. The third kappa shape index (κ3) is 5.30. The standard InChI is InChI=1S/C18H24N4O4S/c23-18(20-8-3-10-21-13-9-19-15-21)14-26-16-4-6-17(7-5-16)27(24,25)22-11-1-2-12-22/h4-7,9,13,15H,1-3,8,10-12,14H2,(H,20,23). The van der Waals surface area contributed by atoms with Crippen LogP contribution in [0.25, 0.3) is 0 Å². The van der Waals surface area contributed by atoms with Crippen molar-refractivity contribution in [2.75, 3.05) is 26.2 Å². The molecule has 1 amide bonds. The number of imidazole rings is 1. The molecule has 1 saturated heterocycles. The molecule has 0 spiro atoms. The summed E-state index contributed by atoms with van der Waals surface area (Å²) in [6, 6.07) is 6.20. The fraction of sp³-hybridized carbons (Fsp3) is 0.444. The second kappa shape index (κ2) is 9.01. The summed E-state index contributed by atoms with van der Waals surface area (Å²) < 4.78 is 33.8. The van der Waals surface area contributed by atoms with Gasteiger partial charge in [-0.1, -0.05) is 0 Å². The van der Waals surface area contributed by atoms with E-state index in [-0.39, 0.29) is 17.4 Å². The van der Waals surface area contributed by atoms with Crippen LogP contribution in [0.5, 0.6) is 5.75 Å². The Bertz CT molecular complexity index is 829. The normalized spacial score (nSPS) is 15.0. The molecular weight excluding hydrogens is 368 g/mol. The van der Waals surface area contributed by atoms with Gasteiger partial charge in [0, 0.05) is 38.6 Å². The highest BCUT2D eigenvalue weighted by Gasteiger charge is 2.26. The van der Waals surface area contributed by atoms with Gasteiger partial charge in [-0.2, -0.15) is 4.31 Å². The Morgan fingerprint density at radius 3 is 2.59 bits per heavy atom. The molecule has 2 heterocycles. The van der Waals surface area contributed by atoms with Gasteiger partial charge in [-0.25, -0.2) is 13.4 Å². The quantitative estimate of drug-likeness (QED) is 0.649. The SMILES string of the molecule is O=C(COc1ccc(S(=O)(=O)N2CCCC2)cc1)NCCCn1ccnc1. The highest BCUT2D eigenvalue weighted by molar-refractivity contribution is 7.89. The molecule has 2 aromatic rings. The first kappa shape index (κ1) is 19.4. The second-order valence-electron chi connectivity index (χ2n) is 6.38. The molecule has 146 valence electrons. The van der Waals surface area contributed by atoms with Crippen LogP contribution in [0.4, 0.5) is 0 Å². The number of carbonyl (C=O) groups excluding carboxylic acids is 1. The molecule has 0 bridgehead atoms. The number of rotatable bonds is 9. The average molecular weight is 392 g/mol. The summed E-state index contributed by atoms with van der Waals surface area (Å²) in [7, 11) is -3.43. The summed E-state index contributed by atoms with van der Waals surface area (Å²) in [6.07, 6.45) is 7.92.